The molecule has 0 radical (unpaired) electrons. The van der Waals surface area contributed by atoms with Gasteiger partial charge in [-0.1, -0.05) is 13.3 Å². The predicted octanol–water partition coefficient (Wildman–Crippen LogP) is 2.62. The molecule has 0 spiro atoms. The van der Waals surface area contributed by atoms with E-state index in [2.05, 4.69) is 11.9 Å². The Morgan fingerprint density at radius 1 is 1.42 bits per heavy atom. The van der Waals surface area contributed by atoms with E-state index >= 15 is 0 Å². The first kappa shape index (κ1) is 13.8. The second kappa shape index (κ2) is 6.04. The molecule has 2 N–H and O–H groups in total. The van der Waals surface area contributed by atoms with Crippen LogP contribution in [-0.4, -0.2) is 28.9 Å². The van der Waals surface area contributed by atoms with Gasteiger partial charge in [0.25, 0.3) is 5.91 Å². The Bertz CT molecular complexity index is 438. The van der Waals surface area contributed by atoms with Gasteiger partial charge in [-0.2, -0.15) is 0 Å². The SMILES string of the molecule is CCC1CCCN(C(=O)c2cc(C)nc(N)c2)CC1. The summed E-state index contributed by atoms with van der Waals surface area (Å²) >= 11 is 0. The summed E-state index contributed by atoms with van der Waals surface area (Å²) in [5.41, 5.74) is 7.18. The Hall–Kier alpha value is -1.58. The summed E-state index contributed by atoms with van der Waals surface area (Å²) in [5, 5.41) is 0. The quantitative estimate of drug-likeness (QED) is 0.890. The second-order valence-corrected chi connectivity index (χ2v) is 5.42. The number of amides is 1. The van der Waals surface area contributed by atoms with Crippen molar-refractivity contribution in [1.82, 2.24) is 9.88 Å². The summed E-state index contributed by atoms with van der Waals surface area (Å²) in [5.74, 6) is 1.28. The maximum atomic E-state index is 12.5. The van der Waals surface area contributed by atoms with Crippen LogP contribution in [0.5, 0.6) is 0 Å². The molecule has 0 bridgehead atoms. The third-order valence-electron chi connectivity index (χ3n) is 3.93. The lowest BCUT2D eigenvalue weighted by molar-refractivity contribution is 0.0759. The molecular formula is C15H23N3O. The number of likely N-dealkylation sites (tertiary alicyclic amines) is 1. The highest BCUT2D eigenvalue weighted by molar-refractivity contribution is 5.95. The third-order valence-corrected chi connectivity index (χ3v) is 3.93. The van der Waals surface area contributed by atoms with Gasteiger partial charge in [0.05, 0.1) is 0 Å². The average molecular weight is 261 g/mol. The summed E-state index contributed by atoms with van der Waals surface area (Å²) in [4.78, 5) is 18.6. The topological polar surface area (TPSA) is 59.2 Å². The lowest BCUT2D eigenvalue weighted by atomic mass is 9.98. The highest BCUT2D eigenvalue weighted by atomic mass is 16.2. The maximum Gasteiger partial charge on any atom is 0.254 e. The van der Waals surface area contributed by atoms with Crippen LogP contribution in [-0.2, 0) is 0 Å². The van der Waals surface area contributed by atoms with Gasteiger partial charge >= 0.3 is 0 Å². The van der Waals surface area contributed by atoms with E-state index in [9.17, 15) is 4.79 Å². The number of nitrogens with two attached hydrogens (primary N) is 1. The molecule has 1 saturated heterocycles. The van der Waals surface area contributed by atoms with E-state index in [0.717, 1.165) is 37.5 Å². The minimum atomic E-state index is 0.0916. The van der Waals surface area contributed by atoms with Crippen LogP contribution in [0.25, 0.3) is 0 Å². The molecular weight excluding hydrogens is 238 g/mol. The van der Waals surface area contributed by atoms with Crippen molar-refractivity contribution in [1.29, 1.82) is 0 Å². The smallest absolute Gasteiger partial charge is 0.254 e. The molecule has 19 heavy (non-hydrogen) atoms. The van der Waals surface area contributed by atoms with Crippen LogP contribution in [0, 0.1) is 12.8 Å². The normalized spacial score (nSPS) is 20.1. The number of nitrogen functional groups attached to an aromatic ring is 1. The summed E-state index contributed by atoms with van der Waals surface area (Å²) in [7, 11) is 0. The second-order valence-electron chi connectivity index (χ2n) is 5.42. The molecule has 4 heteroatoms. The molecule has 2 heterocycles. The van der Waals surface area contributed by atoms with Crippen molar-refractivity contribution in [3.63, 3.8) is 0 Å². The van der Waals surface area contributed by atoms with Crippen LogP contribution in [0.2, 0.25) is 0 Å². The molecule has 0 saturated carbocycles. The number of carbonyl (C=O) groups is 1. The standard InChI is InChI=1S/C15H23N3O/c1-3-12-5-4-7-18(8-6-12)15(19)13-9-11(2)17-14(16)10-13/h9-10,12H,3-8H2,1-2H3,(H2,16,17). The van der Waals surface area contributed by atoms with E-state index in [0.29, 0.717) is 11.4 Å². The van der Waals surface area contributed by atoms with Crippen LogP contribution in [0.3, 0.4) is 0 Å². The molecule has 1 amide bonds. The molecule has 1 aromatic heterocycles. The lowest BCUT2D eigenvalue weighted by Gasteiger charge is -2.21. The fourth-order valence-corrected chi connectivity index (χ4v) is 2.78. The predicted molar refractivity (Wildman–Crippen MR) is 76.9 cm³/mol. The van der Waals surface area contributed by atoms with E-state index < -0.39 is 0 Å². The van der Waals surface area contributed by atoms with Crippen LogP contribution >= 0.6 is 0 Å². The van der Waals surface area contributed by atoms with Crippen molar-refractivity contribution in [3.05, 3.63) is 23.4 Å². The first-order valence-corrected chi connectivity index (χ1v) is 7.13. The summed E-state index contributed by atoms with van der Waals surface area (Å²) < 4.78 is 0. The fraction of sp³-hybridized carbons (Fsp3) is 0.600. The number of aromatic nitrogens is 1. The first-order chi connectivity index (χ1) is 9.10. The number of rotatable bonds is 2. The van der Waals surface area contributed by atoms with Gasteiger partial charge in [0.1, 0.15) is 5.82 Å². The lowest BCUT2D eigenvalue weighted by Crippen LogP contribution is -2.32. The Morgan fingerprint density at radius 3 is 2.89 bits per heavy atom. The van der Waals surface area contributed by atoms with E-state index in [1.807, 2.05) is 17.9 Å². The number of hydrogen-bond donors (Lipinski definition) is 1. The van der Waals surface area contributed by atoms with Gasteiger partial charge in [-0.15, -0.1) is 0 Å². The molecule has 2 rings (SSSR count). The highest BCUT2D eigenvalue weighted by Gasteiger charge is 2.21. The van der Waals surface area contributed by atoms with Crippen molar-refractivity contribution in [2.45, 2.75) is 39.5 Å². The molecule has 1 unspecified atom stereocenters. The number of aryl methyl sites for hydroxylation is 1. The zero-order valence-electron chi connectivity index (χ0n) is 11.9. The molecule has 1 aromatic rings. The number of carbonyl (C=O) groups excluding carboxylic acids is 1. The van der Waals surface area contributed by atoms with Crippen LogP contribution in [0.4, 0.5) is 5.82 Å². The number of nitrogens with zero attached hydrogens (tertiary/aromatic N) is 2. The van der Waals surface area contributed by atoms with Crippen LogP contribution in [0.1, 0.15) is 48.7 Å². The van der Waals surface area contributed by atoms with Gasteiger partial charge in [0.15, 0.2) is 0 Å². The van der Waals surface area contributed by atoms with Crippen molar-refractivity contribution in [2.24, 2.45) is 5.92 Å². The van der Waals surface area contributed by atoms with Crippen molar-refractivity contribution < 1.29 is 4.79 Å². The molecule has 0 aromatic carbocycles. The van der Waals surface area contributed by atoms with E-state index in [-0.39, 0.29) is 5.91 Å². The molecule has 104 valence electrons. The minimum Gasteiger partial charge on any atom is -0.384 e. The molecule has 1 aliphatic rings. The first-order valence-electron chi connectivity index (χ1n) is 7.13. The summed E-state index contributed by atoms with van der Waals surface area (Å²) in [6.45, 7) is 5.81. The van der Waals surface area contributed by atoms with Crippen LogP contribution < -0.4 is 5.73 Å². The number of hydrogen-bond acceptors (Lipinski definition) is 3. The van der Waals surface area contributed by atoms with Gasteiger partial charge in [-0.05, 0) is 44.2 Å². The largest absolute Gasteiger partial charge is 0.384 e. The maximum absolute atomic E-state index is 12.5. The van der Waals surface area contributed by atoms with Gasteiger partial charge in [-0.3, -0.25) is 4.79 Å². The molecule has 1 atom stereocenters. The van der Waals surface area contributed by atoms with Gasteiger partial charge in [0, 0.05) is 24.3 Å². The molecule has 0 aliphatic carbocycles. The molecule has 4 nitrogen and oxygen atoms in total. The van der Waals surface area contributed by atoms with Crippen molar-refractivity contribution in [2.75, 3.05) is 18.8 Å². The van der Waals surface area contributed by atoms with Gasteiger partial charge in [-0.25, -0.2) is 4.98 Å². The average Bonchev–Trinajstić information content (AvgIpc) is 2.61. The third kappa shape index (κ3) is 3.46. The van der Waals surface area contributed by atoms with Crippen molar-refractivity contribution >= 4 is 11.7 Å². The van der Waals surface area contributed by atoms with Crippen molar-refractivity contribution in [3.8, 4) is 0 Å². The van der Waals surface area contributed by atoms with E-state index in [1.54, 1.807) is 6.07 Å². The zero-order chi connectivity index (χ0) is 13.8. The minimum absolute atomic E-state index is 0.0916. The van der Waals surface area contributed by atoms with E-state index in [1.165, 1.54) is 12.8 Å². The summed E-state index contributed by atoms with van der Waals surface area (Å²) in [6, 6.07) is 3.50. The van der Waals surface area contributed by atoms with Gasteiger partial charge < -0.3 is 10.6 Å². The van der Waals surface area contributed by atoms with Gasteiger partial charge in [0.2, 0.25) is 0 Å². The monoisotopic (exact) mass is 261 g/mol. The molecule has 1 fully saturated rings. The Kier molecular flexibility index (Phi) is 4.40. The Labute approximate surface area is 115 Å². The van der Waals surface area contributed by atoms with E-state index in [4.69, 9.17) is 5.73 Å². The fourth-order valence-electron chi connectivity index (χ4n) is 2.78. The molecule has 1 aliphatic heterocycles. The number of pyridine rings is 1. The Balaban J connectivity index is 2.10. The number of anilines is 1. The zero-order valence-corrected chi connectivity index (χ0v) is 11.9. The summed E-state index contributed by atoms with van der Waals surface area (Å²) in [6.07, 6.45) is 4.66. The Morgan fingerprint density at radius 2 is 2.21 bits per heavy atom. The van der Waals surface area contributed by atoms with Crippen LogP contribution in [0.15, 0.2) is 12.1 Å². The highest BCUT2D eigenvalue weighted by Crippen LogP contribution is 2.21.